The number of ether oxygens (including phenoxy) is 1. The molecule has 0 saturated carbocycles. The lowest BCUT2D eigenvalue weighted by Crippen LogP contribution is -2.23. The van der Waals surface area contributed by atoms with Gasteiger partial charge in [0, 0.05) is 6.42 Å². The predicted molar refractivity (Wildman–Crippen MR) is 59.6 cm³/mol. The van der Waals surface area contributed by atoms with Gasteiger partial charge in [-0.05, 0) is 33.6 Å². The van der Waals surface area contributed by atoms with Crippen molar-refractivity contribution in [2.45, 2.75) is 52.9 Å². The van der Waals surface area contributed by atoms with E-state index in [2.05, 4.69) is 0 Å². The van der Waals surface area contributed by atoms with Crippen LogP contribution in [0.1, 0.15) is 52.9 Å². The summed E-state index contributed by atoms with van der Waals surface area (Å²) < 4.78 is 5.10. The molecule has 0 saturated heterocycles. The minimum absolute atomic E-state index is 0.143. The van der Waals surface area contributed by atoms with Crippen molar-refractivity contribution in [3.05, 3.63) is 0 Å². The van der Waals surface area contributed by atoms with Crippen LogP contribution in [-0.4, -0.2) is 18.9 Å². The van der Waals surface area contributed by atoms with E-state index >= 15 is 0 Å². The second kappa shape index (κ2) is 7.43. The van der Waals surface area contributed by atoms with Crippen LogP contribution in [0.4, 0.5) is 0 Å². The monoisotopic (exact) mass is 214 g/mol. The smallest absolute Gasteiger partial charge is 0.311 e. The van der Waals surface area contributed by atoms with Gasteiger partial charge in [-0.3, -0.25) is 4.79 Å². The normalized spacial score (nSPS) is 11.1. The predicted octanol–water partition coefficient (Wildman–Crippen LogP) is 2.73. The fraction of sp³-hybridized carbons (Fsp3) is 0.833. The third-order valence-corrected chi connectivity index (χ3v) is 2.06. The molecule has 0 heterocycles. The lowest BCUT2D eigenvalue weighted by molar-refractivity contribution is -0.153. The molecule has 0 aromatic carbocycles. The van der Waals surface area contributed by atoms with Crippen molar-refractivity contribution >= 4 is 12.3 Å². The van der Waals surface area contributed by atoms with Crippen molar-refractivity contribution in [3.63, 3.8) is 0 Å². The van der Waals surface area contributed by atoms with E-state index in [-0.39, 0.29) is 5.97 Å². The summed E-state index contributed by atoms with van der Waals surface area (Å²) in [5, 5.41) is 0. The number of esters is 1. The van der Waals surface area contributed by atoms with Crippen molar-refractivity contribution in [1.82, 2.24) is 0 Å². The van der Waals surface area contributed by atoms with Gasteiger partial charge in [-0.1, -0.05) is 12.8 Å². The standard InChI is InChI=1S/C12H22O3/c1-12(2,3)11(14)15-10-8-6-4-5-7-9-13/h9H,4-8,10H2,1-3H3. The van der Waals surface area contributed by atoms with Crippen molar-refractivity contribution in [1.29, 1.82) is 0 Å². The van der Waals surface area contributed by atoms with Gasteiger partial charge in [0.2, 0.25) is 0 Å². The summed E-state index contributed by atoms with van der Waals surface area (Å²) in [6, 6.07) is 0. The van der Waals surface area contributed by atoms with Crippen LogP contribution in [0.3, 0.4) is 0 Å². The van der Waals surface area contributed by atoms with E-state index in [4.69, 9.17) is 4.74 Å². The van der Waals surface area contributed by atoms with E-state index in [0.29, 0.717) is 13.0 Å². The molecule has 0 spiro atoms. The van der Waals surface area contributed by atoms with Crippen molar-refractivity contribution in [3.8, 4) is 0 Å². The molecule has 0 unspecified atom stereocenters. The molecule has 0 amide bonds. The van der Waals surface area contributed by atoms with Gasteiger partial charge in [0.05, 0.1) is 12.0 Å². The minimum atomic E-state index is -0.405. The van der Waals surface area contributed by atoms with E-state index in [1.807, 2.05) is 20.8 Å². The van der Waals surface area contributed by atoms with Gasteiger partial charge in [-0.2, -0.15) is 0 Å². The average molecular weight is 214 g/mol. The summed E-state index contributed by atoms with van der Waals surface area (Å²) in [5.41, 5.74) is -0.405. The Balaban J connectivity index is 3.32. The number of rotatable bonds is 7. The van der Waals surface area contributed by atoms with E-state index in [9.17, 15) is 9.59 Å². The molecule has 0 atom stereocenters. The molecule has 0 aromatic rings. The minimum Gasteiger partial charge on any atom is -0.465 e. The molecule has 0 N–H and O–H groups in total. The Bertz CT molecular complexity index is 192. The van der Waals surface area contributed by atoms with Crippen LogP contribution in [0.5, 0.6) is 0 Å². The Morgan fingerprint density at radius 3 is 2.27 bits per heavy atom. The van der Waals surface area contributed by atoms with Gasteiger partial charge in [0.15, 0.2) is 0 Å². The van der Waals surface area contributed by atoms with Crippen LogP contribution in [0, 0.1) is 5.41 Å². The molecular formula is C12H22O3. The van der Waals surface area contributed by atoms with Crippen LogP contribution in [0.2, 0.25) is 0 Å². The zero-order chi connectivity index (χ0) is 11.7. The molecule has 3 heteroatoms. The molecule has 0 aromatic heterocycles. The van der Waals surface area contributed by atoms with Crippen LogP contribution in [0.25, 0.3) is 0 Å². The van der Waals surface area contributed by atoms with Gasteiger partial charge >= 0.3 is 5.97 Å². The maximum Gasteiger partial charge on any atom is 0.311 e. The Hall–Kier alpha value is -0.860. The molecule has 0 aliphatic heterocycles. The number of hydrogen-bond acceptors (Lipinski definition) is 3. The highest BCUT2D eigenvalue weighted by molar-refractivity contribution is 5.75. The second-order valence-corrected chi connectivity index (χ2v) is 4.76. The van der Waals surface area contributed by atoms with Crippen LogP contribution in [-0.2, 0) is 14.3 Å². The summed E-state index contributed by atoms with van der Waals surface area (Å²) in [6.07, 6.45) is 5.47. The number of carbonyl (C=O) groups excluding carboxylic acids is 2. The Kier molecular flexibility index (Phi) is 7.01. The molecular weight excluding hydrogens is 192 g/mol. The third kappa shape index (κ3) is 8.16. The zero-order valence-electron chi connectivity index (χ0n) is 10.0. The highest BCUT2D eigenvalue weighted by Crippen LogP contribution is 2.15. The first-order chi connectivity index (χ1) is 6.98. The molecule has 3 nitrogen and oxygen atoms in total. The number of aldehydes is 1. The lowest BCUT2D eigenvalue weighted by Gasteiger charge is -2.16. The molecule has 88 valence electrons. The van der Waals surface area contributed by atoms with Gasteiger partial charge in [-0.15, -0.1) is 0 Å². The molecule has 0 radical (unpaired) electrons. The Morgan fingerprint density at radius 2 is 1.73 bits per heavy atom. The fourth-order valence-corrected chi connectivity index (χ4v) is 1.06. The molecule has 0 aliphatic rings. The van der Waals surface area contributed by atoms with Crippen molar-refractivity contribution in [2.75, 3.05) is 6.61 Å². The highest BCUT2D eigenvalue weighted by Gasteiger charge is 2.22. The quantitative estimate of drug-likeness (QED) is 0.372. The lowest BCUT2D eigenvalue weighted by atomic mass is 9.97. The first kappa shape index (κ1) is 14.1. The molecule has 15 heavy (non-hydrogen) atoms. The molecule has 0 aliphatic carbocycles. The van der Waals surface area contributed by atoms with Gasteiger partial charge in [0.1, 0.15) is 6.29 Å². The maximum atomic E-state index is 11.3. The van der Waals surface area contributed by atoms with E-state index < -0.39 is 5.41 Å². The summed E-state index contributed by atoms with van der Waals surface area (Å²) in [7, 11) is 0. The topological polar surface area (TPSA) is 43.4 Å². The van der Waals surface area contributed by atoms with E-state index in [1.54, 1.807) is 0 Å². The summed E-state index contributed by atoms with van der Waals surface area (Å²) >= 11 is 0. The van der Waals surface area contributed by atoms with Crippen LogP contribution in [0.15, 0.2) is 0 Å². The van der Waals surface area contributed by atoms with E-state index in [0.717, 1.165) is 32.0 Å². The highest BCUT2D eigenvalue weighted by atomic mass is 16.5. The van der Waals surface area contributed by atoms with Crippen LogP contribution < -0.4 is 0 Å². The van der Waals surface area contributed by atoms with Crippen molar-refractivity contribution < 1.29 is 14.3 Å². The third-order valence-electron chi connectivity index (χ3n) is 2.06. The maximum absolute atomic E-state index is 11.3. The Labute approximate surface area is 92.2 Å². The average Bonchev–Trinajstić information content (AvgIpc) is 2.14. The number of carbonyl (C=O) groups is 2. The second-order valence-electron chi connectivity index (χ2n) is 4.76. The van der Waals surface area contributed by atoms with Gasteiger partial charge in [-0.25, -0.2) is 0 Å². The molecule has 0 bridgehead atoms. The van der Waals surface area contributed by atoms with Gasteiger partial charge in [0.25, 0.3) is 0 Å². The SMILES string of the molecule is CC(C)(C)C(=O)OCCCCCCC=O. The van der Waals surface area contributed by atoms with E-state index in [1.165, 1.54) is 0 Å². The number of unbranched alkanes of at least 4 members (excludes halogenated alkanes) is 4. The Morgan fingerprint density at radius 1 is 1.13 bits per heavy atom. The van der Waals surface area contributed by atoms with Gasteiger partial charge < -0.3 is 9.53 Å². The molecule has 0 fully saturated rings. The number of hydrogen-bond donors (Lipinski definition) is 0. The zero-order valence-corrected chi connectivity index (χ0v) is 10.0. The largest absolute Gasteiger partial charge is 0.465 e. The fourth-order valence-electron chi connectivity index (χ4n) is 1.06. The first-order valence-electron chi connectivity index (χ1n) is 5.59. The molecule has 0 rings (SSSR count). The first-order valence-corrected chi connectivity index (χ1v) is 5.59. The van der Waals surface area contributed by atoms with Crippen molar-refractivity contribution in [2.24, 2.45) is 5.41 Å². The summed E-state index contributed by atoms with van der Waals surface area (Å²) in [4.78, 5) is 21.4. The van der Waals surface area contributed by atoms with Crippen LogP contribution >= 0.6 is 0 Å². The summed E-state index contributed by atoms with van der Waals surface area (Å²) in [5.74, 6) is -0.143. The summed E-state index contributed by atoms with van der Waals surface area (Å²) in [6.45, 7) is 6.04.